The average molecular weight is 537 g/mol. The number of aliphatic hydroxyl groups excluding tert-OH is 1. The maximum absolute atomic E-state index is 12.9. The van der Waals surface area contributed by atoms with Crippen LogP contribution in [0.4, 0.5) is 0 Å². The molecule has 1 unspecified atom stereocenters. The van der Waals surface area contributed by atoms with Gasteiger partial charge in [-0.3, -0.25) is 0 Å². The number of hydrogen-bond donors (Lipinski definition) is 2. The van der Waals surface area contributed by atoms with Gasteiger partial charge in [-0.25, -0.2) is 4.79 Å². The number of rotatable bonds is 8. The van der Waals surface area contributed by atoms with Crippen LogP contribution >= 0.6 is 0 Å². The molecule has 0 aliphatic heterocycles. The van der Waals surface area contributed by atoms with Crippen LogP contribution < -0.4 is 0 Å². The van der Waals surface area contributed by atoms with Crippen molar-refractivity contribution in [2.75, 3.05) is 6.61 Å². The van der Waals surface area contributed by atoms with Crippen LogP contribution in [0.3, 0.4) is 0 Å². The van der Waals surface area contributed by atoms with Gasteiger partial charge in [0.15, 0.2) is 0 Å². The van der Waals surface area contributed by atoms with Crippen LogP contribution in [0.15, 0.2) is 35.9 Å². The fourth-order valence-electron chi connectivity index (χ4n) is 10.0. The van der Waals surface area contributed by atoms with Gasteiger partial charge in [0.05, 0.1) is 12.7 Å². The van der Waals surface area contributed by atoms with E-state index in [1.54, 1.807) is 18.2 Å². The van der Waals surface area contributed by atoms with E-state index in [4.69, 9.17) is 4.74 Å². The molecule has 0 bridgehead atoms. The zero-order valence-electron chi connectivity index (χ0n) is 25.0. The van der Waals surface area contributed by atoms with E-state index in [-0.39, 0.29) is 28.7 Å². The molecule has 1 aromatic rings. The van der Waals surface area contributed by atoms with Crippen molar-refractivity contribution in [2.24, 2.45) is 52.3 Å². The van der Waals surface area contributed by atoms with Crippen LogP contribution in [-0.4, -0.2) is 28.9 Å². The van der Waals surface area contributed by atoms with Crippen LogP contribution in [0.25, 0.3) is 0 Å². The molecular formula is C35H52O4. The van der Waals surface area contributed by atoms with Gasteiger partial charge in [0.2, 0.25) is 0 Å². The molecule has 4 nitrogen and oxygen atoms in total. The Kier molecular flexibility index (Phi) is 8.26. The maximum Gasteiger partial charge on any atom is 0.341 e. The van der Waals surface area contributed by atoms with Crippen molar-refractivity contribution in [3.8, 4) is 5.75 Å². The number of carbonyl (C=O) groups is 1. The van der Waals surface area contributed by atoms with Gasteiger partial charge in [-0.15, -0.1) is 0 Å². The molecule has 4 heteroatoms. The molecule has 4 aliphatic rings. The molecule has 9 atom stereocenters. The van der Waals surface area contributed by atoms with E-state index in [1.807, 2.05) is 0 Å². The third-order valence-electron chi connectivity index (χ3n) is 12.1. The van der Waals surface area contributed by atoms with Crippen LogP contribution in [-0.2, 0) is 4.74 Å². The third kappa shape index (κ3) is 5.20. The predicted molar refractivity (Wildman–Crippen MR) is 156 cm³/mol. The molecule has 0 aromatic heterocycles. The topological polar surface area (TPSA) is 66.8 Å². The molecule has 5 rings (SSSR count). The number of esters is 1. The first-order valence-corrected chi connectivity index (χ1v) is 15.9. The van der Waals surface area contributed by atoms with E-state index in [1.165, 1.54) is 56.6 Å². The molecular weight excluding hydrogens is 484 g/mol. The Bertz CT molecular complexity index is 1060. The van der Waals surface area contributed by atoms with Crippen molar-refractivity contribution >= 4 is 5.97 Å². The van der Waals surface area contributed by atoms with Crippen molar-refractivity contribution < 1.29 is 19.7 Å². The number of ether oxygens (including phenoxy) is 1. The first-order valence-electron chi connectivity index (χ1n) is 15.9. The number of aliphatic hydroxyl groups is 1. The van der Waals surface area contributed by atoms with Crippen LogP contribution in [0.5, 0.6) is 5.75 Å². The largest absolute Gasteiger partial charge is 0.507 e. The predicted octanol–water partition coefficient (Wildman–Crippen LogP) is 8.18. The Morgan fingerprint density at radius 3 is 2.59 bits per heavy atom. The van der Waals surface area contributed by atoms with Gasteiger partial charge in [-0.2, -0.15) is 0 Å². The van der Waals surface area contributed by atoms with E-state index >= 15 is 0 Å². The highest BCUT2D eigenvalue weighted by molar-refractivity contribution is 5.92. The number of carbonyl (C=O) groups excluding carboxylic acids is 1. The summed E-state index contributed by atoms with van der Waals surface area (Å²) in [6, 6.07) is 6.58. The van der Waals surface area contributed by atoms with Gasteiger partial charge >= 0.3 is 5.97 Å². The Labute approximate surface area is 236 Å². The summed E-state index contributed by atoms with van der Waals surface area (Å²) in [6.07, 6.45) is 14.0. The van der Waals surface area contributed by atoms with Crippen molar-refractivity contribution in [3.63, 3.8) is 0 Å². The molecule has 1 aromatic carbocycles. The monoisotopic (exact) mass is 536 g/mol. The lowest BCUT2D eigenvalue weighted by Crippen LogP contribution is -2.54. The Balaban J connectivity index is 1.33. The summed E-state index contributed by atoms with van der Waals surface area (Å²) in [7, 11) is 0. The number of fused-ring (bicyclic) bond motifs is 5. The first-order chi connectivity index (χ1) is 18.6. The molecule has 0 amide bonds. The third-order valence-corrected chi connectivity index (χ3v) is 12.1. The van der Waals surface area contributed by atoms with Gasteiger partial charge < -0.3 is 14.9 Å². The van der Waals surface area contributed by atoms with E-state index in [0.29, 0.717) is 30.3 Å². The van der Waals surface area contributed by atoms with Crippen LogP contribution in [0.2, 0.25) is 0 Å². The van der Waals surface area contributed by atoms with E-state index in [2.05, 4.69) is 40.7 Å². The minimum absolute atomic E-state index is 0.0449. The molecule has 0 spiro atoms. The molecule has 0 radical (unpaired) electrons. The van der Waals surface area contributed by atoms with Gasteiger partial charge in [0.1, 0.15) is 11.3 Å². The lowest BCUT2D eigenvalue weighted by molar-refractivity contribution is -0.0898. The second-order valence-corrected chi connectivity index (χ2v) is 14.6. The molecule has 2 N–H and O–H groups in total. The number of phenolic OH excluding ortho intramolecular Hbond substituents is 1. The lowest BCUT2D eigenvalue weighted by Gasteiger charge is -2.60. The SMILES string of the molecule is CC(C)CCC[C@@H](C)[C@H]1CC[C@H]2[C@@H]3CC=C4C[C@@H](O)CC(COC(=O)c5ccccc5O)[C@]4(C)[C@H]3CC[C@]12C. The molecule has 216 valence electrons. The molecule has 4 aliphatic carbocycles. The van der Waals surface area contributed by atoms with Gasteiger partial charge in [-0.1, -0.05) is 77.7 Å². The smallest absolute Gasteiger partial charge is 0.341 e. The molecule has 39 heavy (non-hydrogen) atoms. The molecule has 0 saturated heterocycles. The summed E-state index contributed by atoms with van der Waals surface area (Å²) in [5.74, 6) is 4.01. The molecule has 3 saturated carbocycles. The first kappa shape index (κ1) is 28.7. The number of allylic oxidation sites excluding steroid dienone is 1. The number of hydrogen-bond acceptors (Lipinski definition) is 4. The van der Waals surface area contributed by atoms with Gasteiger partial charge in [0.25, 0.3) is 0 Å². The highest BCUT2D eigenvalue weighted by Gasteiger charge is 2.61. The Hall–Kier alpha value is -1.81. The normalized spacial score (nSPS) is 38.4. The summed E-state index contributed by atoms with van der Waals surface area (Å²) in [6.45, 7) is 12.6. The lowest BCUT2D eigenvalue weighted by atomic mass is 9.45. The number of para-hydroxylation sites is 1. The fourth-order valence-corrected chi connectivity index (χ4v) is 10.0. The summed E-state index contributed by atoms with van der Waals surface area (Å²) < 4.78 is 5.86. The zero-order chi connectivity index (χ0) is 27.9. The second kappa shape index (κ2) is 11.2. The molecule has 3 fully saturated rings. The fraction of sp³-hybridized carbons (Fsp3) is 0.743. The average Bonchev–Trinajstić information content (AvgIpc) is 3.25. The number of phenols is 1. The zero-order valence-corrected chi connectivity index (χ0v) is 25.0. The van der Waals surface area contributed by atoms with Crippen molar-refractivity contribution in [1.82, 2.24) is 0 Å². The van der Waals surface area contributed by atoms with E-state index in [0.717, 1.165) is 36.5 Å². The summed E-state index contributed by atoms with van der Waals surface area (Å²) in [4.78, 5) is 12.9. The maximum atomic E-state index is 12.9. The number of aromatic hydroxyl groups is 1. The van der Waals surface area contributed by atoms with Gasteiger partial charge in [-0.05, 0) is 103 Å². The highest BCUT2D eigenvalue weighted by Crippen LogP contribution is 2.68. The minimum Gasteiger partial charge on any atom is -0.507 e. The van der Waals surface area contributed by atoms with Crippen LogP contribution in [0.1, 0.15) is 109 Å². The Morgan fingerprint density at radius 1 is 1.08 bits per heavy atom. The van der Waals surface area contributed by atoms with Crippen molar-refractivity contribution in [2.45, 2.75) is 105 Å². The highest BCUT2D eigenvalue weighted by atomic mass is 16.5. The molecule has 0 heterocycles. The number of benzene rings is 1. The minimum atomic E-state index is -0.476. The summed E-state index contributed by atoms with van der Waals surface area (Å²) in [5, 5.41) is 21.0. The summed E-state index contributed by atoms with van der Waals surface area (Å²) in [5.41, 5.74) is 1.99. The second-order valence-electron chi connectivity index (χ2n) is 14.6. The van der Waals surface area contributed by atoms with E-state index < -0.39 is 5.97 Å². The van der Waals surface area contributed by atoms with Crippen LogP contribution in [0, 0.1) is 52.3 Å². The standard InChI is InChI=1S/C35H52O4/c1-22(2)9-8-10-23(3)29-15-16-30-27-14-13-24-19-26(36)20-25(35(24,5)31(27)17-18-34(29,30)4)21-39-33(38)28-11-6-7-12-32(28)37/h6-7,11-13,22-23,25-27,29-31,36-37H,8-10,14-21H2,1-5H3/t23-,25?,26-,27+,29-,30+,31+,34-,35-/m1/s1. The summed E-state index contributed by atoms with van der Waals surface area (Å²) >= 11 is 0. The van der Waals surface area contributed by atoms with E-state index in [9.17, 15) is 15.0 Å². The van der Waals surface area contributed by atoms with Crippen molar-refractivity contribution in [3.05, 3.63) is 41.5 Å². The Morgan fingerprint density at radius 2 is 1.85 bits per heavy atom. The van der Waals surface area contributed by atoms with Crippen molar-refractivity contribution in [1.29, 1.82) is 0 Å². The quantitative estimate of drug-likeness (QED) is 0.260. The van der Waals surface area contributed by atoms with Gasteiger partial charge in [0, 0.05) is 5.92 Å².